The number of anilines is 10. The van der Waals surface area contributed by atoms with Crippen molar-refractivity contribution >= 4 is 92.4 Å². The molecule has 13 rings (SSSR count). The molecule has 0 N–H and O–H groups in total. The molecule has 76 heavy (non-hydrogen) atoms. The summed E-state index contributed by atoms with van der Waals surface area (Å²) in [5.74, 6) is 0. The minimum atomic E-state index is -0.117. The number of aryl methyl sites for hydroxylation is 4. The maximum absolute atomic E-state index is 2.67. The Labute approximate surface area is 452 Å². The topological polar surface area (TPSA) is 13.0 Å². The van der Waals surface area contributed by atoms with Crippen LogP contribution in [0.1, 0.15) is 101 Å². The van der Waals surface area contributed by atoms with Crippen molar-refractivity contribution in [1.29, 1.82) is 0 Å². The highest BCUT2D eigenvalue weighted by Crippen LogP contribution is 2.55. The predicted molar refractivity (Wildman–Crippen MR) is 329 cm³/mol. The van der Waals surface area contributed by atoms with Gasteiger partial charge in [-0.15, -0.1) is 0 Å². The van der Waals surface area contributed by atoms with Crippen LogP contribution in [0.4, 0.5) is 56.9 Å². The van der Waals surface area contributed by atoms with Gasteiger partial charge in [0.1, 0.15) is 0 Å². The standard InChI is InChI=1S/C70H68B2N4/c1-43-34-63-66-64(35-43)74(67-45(3)36-48(37-46(67)4)47-22-16-14-17-23-47)59-40-50(69(8,9)10)30-33-56(59)71(66)57-41-61-62(42-60(57)73(63)52-31-28-49(29-32-52)68(5,6)7)76-58-27-21-20-26-54(58)55-39-51(70(11,12)13)38-44(2)65(55)72(76)75(61)53-24-18-15-19-25-53/h14-42H,1-13H3. The molecule has 0 radical (unpaired) electrons. The number of hydrogen-bond acceptors (Lipinski definition) is 4. The van der Waals surface area contributed by atoms with E-state index < -0.39 is 0 Å². The normalized spacial score (nSPS) is 14.2. The second-order valence-electron chi connectivity index (χ2n) is 25.3. The Bertz CT molecular complexity index is 3820. The van der Waals surface area contributed by atoms with Gasteiger partial charge in [-0.25, -0.2) is 0 Å². The van der Waals surface area contributed by atoms with Crippen molar-refractivity contribution in [3.63, 3.8) is 0 Å². The highest BCUT2D eigenvalue weighted by Gasteiger charge is 2.52. The number of hydrogen-bond donors (Lipinski definition) is 0. The first kappa shape index (κ1) is 48.0. The van der Waals surface area contributed by atoms with Gasteiger partial charge in [-0.3, -0.25) is 0 Å². The van der Waals surface area contributed by atoms with Crippen LogP contribution >= 0.6 is 0 Å². The number of fused-ring (bicyclic) bond motifs is 12. The molecule has 0 unspecified atom stereocenters. The van der Waals surface area contributed by atoms with Gasteiger partial charge in [0, 0.05) is 45.4 Å². The SMILES string of the molecule is Cc1cc2c3c(c1)N(c1c(C)cc(-c4ccccc4)cc1C)c1cc(C(C)(C)C)ccc1B3c1cc3c(cc1N2c1ccc(C(C)(C)C)cc1)N1B(c2c(C)cc(C(C)(C)C)cc2-c2ccccc21)N3c1ccccc1. The zero-order chi connectivity index (χ0) is 52.9. The average molecular weight is 987 g/mol. The van der Waals surface area contributed by atoms with Crippen LogP contribution in [0.15, 0.2) is 176 Å². The number of rotatable bonds is 4. The lowest BCUT2D eigenvalue weighted by Gasteiger charge is -2.45. The van der Waals surface area contributed by atoms with E-state index in [2.05, 4.69) is 285 Å². The van der Waals surface area contributed by atoms with Gasteiger partial charge in [-0.05, 0) is 189 Å². The van der Waals surface area contributed by atoms with Crippen LogP contribution in [0.5, 0.6) is 0 Å². The van der Waals surface area contributed by atoms with Gasteiger partial charge in [-0.2, -0.15) is 0 Å². The van der Waals surface area contributed by atoms with E-state index >= 15 is 0 Å². The van der Waals surface area contributed by atoms with Crippen molar-refractivity contribution in [2.45, 2.75) is 106 Å². The van der Waals surface area contributed by atoms with Gasteiger partial charge < -0.3 is 19.4 Å². The molecule has 4 nitrogen and oxygen atoms in total. The Morgan fingerprint density at radius 2 is 0.921 bits per heavy atom. The summed E-state index contributed by atoms with van der Waals surface area (Å²) in [6.45, 7) is 30.1. The fourth-order valence-electron chi connectivity index (χ4n) is 13.2. The Morgan fingerprint density at radius 3 is 1.58 bits per heavy atom. The molecule has 0 saturated carbocycles. The fraction of sp³-hybridized carbons (Fsp3) is 0.229. The molecule has 9 aromatic carbocycles. The van der Waals surface area contributed by atoms with E-state index in [4.69, 9.17) is 0 Å². The summed E-state index contributed by atoms with van der Waals surface area (Å²) in [6, 6.07) is 67.9. The lowest BCUT2D eigenvalue weighted by atomic mass is 9.33. The Hall–Kier alpha value is -7.69. The molecule has 6 heteroatoms. The molecule has 4 aliphatic heterocycles. The van der Waals surface area contributed by atoms with E-state index in [0.29, 0.717) is 0 Å². The minimum absolute atomic E-state index is 0.00798. The summed E-state index contributed by atoms with van der Waals surface area (Å²) < 4.78 is 0. The first-order valence-electron chi connectivity index (χ1n) is 27.5. The lowest BCUT2D eigenvalue weighted by Crippen LogP contribution is -2.61. The van der Waals surface area contributed by atoms with Gasteiger partial charge in [0.25, 0.3) is 6.71 Å². The van der Waals surface area contributed by atoms with Crippen molar-refractivity contribution in [2.24, 2.45) is 0 Å². The van der Waals surface area contributed by atoms with Crippen LogP contribution < -0.4 is 41.3 Å². The van der Waals surface area contributed by atoms with E-state index in [1.807, 2.05) is 0 Å². The van der Waals surface area contributed by atoms with Crippen molar-refractivity contribution in [3.05, 3.63) is 215 Å². The summed E-state index contributed by atoms with van der Waals surface area (Å²) in [6.07, 6.45) is 0. The van der Waals surface area contributed by atoms with E-state index in [0.717, 1.165) is 5.69 Å². The molecule has 0 amide bonds. The molecular formula is C70H68B2N4. The molecule has 0 fully saturated rings. The molecule has 374 valence electrons. The van der Waals surface area contributed by atoms with E-state index in [1.165, 1.54) is 134 Å². The summed E-state index contributed by atoms with van der Waals surface area (Å²) in [4.78, 5) is 10.6. The number of nitrogens with zero attached hydrogens (tertiary/aromatic N) is 4. The fourth-order valence-corrected chi connectivity index (χ4v) is 13.2. The molecule has 0 spiro atoms. The molecule has 9 aromatic rings. The van der Waals surface area contributed by atoms with Gasteiger partial charge in [-0.1, -0.05) is 171 Å². The van der Waals surface area contributed by atoms with Crippen LogP contribution in [0, 0.1) is 27.7 Å². The second-order valence-corrected chi connectivity index (χ2v) is 25.3. The Morgan fingerprint density at radius 1 is 0.342 bits per heavy atom. The third kappa shape index (κ3) is 7.34. The van der Waals surface area contributed by atoms with Crippen molar-refractivity contribution in [2.75, 3.05) is 19.4 Å². The van der Waals surface area contributed by atoms with Crippen LogP contribution in [-0.4, -0.2) is 13.7 Å². The third-order valence-corrected chi connectivity index (χ3v) is 17.0. The molecular weight excluding hydrogens is 918 g/mol. The summed E-state index contributed by atoms with van der Waals surface area (Å²) in [5, 5.41) is 0. The smallest absolute Gasteiger partial charge is 0.360 e. The van der Waals surface area contributed by atoms with Crippen LogP contribution in [0.2, 0.25) is 0 Å². The molecule has 4 aliphatic rings. The van der Waals surface area contributed by atoms with E-state index in [1.54, 1.807) is 0 Å². The third-order valence-electron chi connectivity index (χ3n) is 17.0. The van der Waals surface area contributed by atoms with Crippen molar-refractivity contribution in [3.8, 4) is 22.3 Å². The summed E-state index contributed by atoms with van der Waals surface area (Å²) in [5.41, 5.74) is 31.6. The van der Waals surface area contributed by atoms with Gasteiger partial charge in [0.15, 0.2) is 0 Å². The molecule has 0 bridgehead atoms. The van der Waals surface area contributed by atoms with Gasteiger partial charge in [0.2, 0.25) is 0 Å². The Kier molecular flexibility index (Phi) is 10.7. The first-order chi connectivity index (χ1) is 36.3. The largest absolute Gasteiger partial charge is 0.421 e. The van der Waals surface area contributed by atoms with Gasteiger partial charge in [0.05, 0.1) is 17.1 Å². The summed E-state index contributed by atoms with van der Waals surface area (Å²) in [7, 11) is 0. The minimum Gasteiger partial charge on any atom is -0.360 e. The number of para-hydroxylation sites is 2. The molecule has 0 atom stereocenters. The monoisotopic (exact) mass is 987 g/mol. The highest BCUT2D eigenvalue weighted by molar-refractivity contribution is 7.00. The molecule has 4 heterocycles. The maximum atomic E-state index is 2.67. The zero-order valence-electron chi connectivity index (χ0n) is 46.7. The Balaban J connectivity index is 1.13. The van der Waals surface area contributed by atoms with Crippen molar-refractivity contribution < 1.29 is 0 Å². The second kappa shape index (κ2) is 16.9. The predicted octanol–water partition coefficient (Wildman–Crippen LogP) is 16.2. The average Bonchev–Trinajstić information content (AvgIpc) is 3.94. The molecule has 0 aromatic heterocycles. The molecule has 0 saturated heterocycles. The number of benzene rings is 9. The van der Waals surface area contributed by atoms with Crippen LogP contribution in [-0.2, 0) is 16.2 Å². The van der Waals surface area contributed by atoms with Crippen molar-refractivity contribution in [1.82, 2.24) is 0 Å². The summed E-state index contributed by atoms with van der Waals surface area (Å²) >= 11 is 0. The first-order valence-corrected chi connectivity index (χ1v) is 27.5. The van der Waals surface area contributed by atoms with Gasteiger partial charge >= 0.3 is 6.98 Å². The quantitative estimate of drug-likeness (QED) is 0.163. The zero-order valence-corrected chi connectivity index (χ0v) is 46.7. The van der Waals surface area contributed by atoms with Crippen LogP contribution in [0.25, 0.3) is 22.3 Å². The molecule has 0 aliphatic carbocycles. The van der Waals surface area contributed by atoms with E-state index in [9.17, 15) is 0 Å². The lowest BCUT2D eigenvalue weighted by molar-refractivity contribution is 0.590. The maximum Gasteiger partial charge on any atom is 0.421 e. The van der Waals surface area contributed by atoms with E-state index in [-0.39, 0.29) is 29.9 Å². The highest BCUT2D eigenvalue weighted by atomic mass is 15.3. The van der Waals surface area contributed by atoms with Crippen LogP contribution in [0.3, 0.4) is 0 Å².